The molecule has 1 aromatic heterocycles. The number of nitrogens with zero attached hydrogens (tertiary/aromatic N) is 5. The van der Waals surface area contributed by atoms with E-state index < -0.39 is 0 Å². The molecule has 0 radical (unpaired) electrons. The van der Waals surface area contributed by atoms with Crippen LogP contribution in [0, 0.1) is 0 Å². The Morgan fingerprint density at radius 3 is 1.80 bits per heavy atom. The van der Waals surface area contributed by atoms with E-state index in [1.54, 1.807) is 26.2 Å². The van der Waals surface area contributed by atoms with Gasteiger partial charge in [-0.3, -0.25) is 4.90 Å². The number of hydrogen-bond donors (Lipinski definition) is 0. The first kappa shape index (κ1) is 19.0. The Kier molecular flexibility index (Phi) is 7.52. The lowest BCUT2D eigenvalue weighted by Gasteiger charge is -2.24. The van der Waals surface area contributed by atoms with Gasteiger partial charge in [0.05, 0.1) is 0 Å². The van der Waals surface area contributed by atoms with E-state index in [0.717, 1.165) is 5.56 Å². The number of anilines is 2. The molecule has 25 heavy (non-hydrogen) atoms. The molecule has 0 unspecified atom stereocenters. The molecule has 0 N–H and O–H groups in total. The molecule has 0 fully saturated rings. The SMILES string of the molecule is CCN(COC)c1nc(-c2ccccc2)nc(N(COC)COC)n1. The highest BCUT2D eigenvalue weighted by molar-refractivity contribution is 5.58. The Morgan fingerprint density at radius 2 is 1.28 bits per heavy atom. The smallest absolute Gasteiger partial charge is 0.234 e. The van der Waals surface area contributed by atoms with Crippen molar-refractivity contribution >= 4 is 11.9 Å². The number of methoxy groups -OCH3 is 3. The third-order valence-electron chi connectivity index (χ3n) is 3.45. The number of ether oxygens (including phenoxy) is 3. The first-order chi connectivity index (χ1) is 12.2. The van der Waals surface area contributed by atoms with Crippen LogP contribution >= 0.6 is 0 Å². The van der Waals surface area contributed by atoms with E-state index in [1.807, 2.05) is 42.2 Å². The Bertz CT molecular complexity index is 635. The summed E-state index contributed by atoms with van der Waals surface area (Å²) in [4.78, 5) is 17.5. The predicted molar refractivity (Wildman–Crippen MR) is 96.4 cm³/mol. The molecule has 0 atom stereocenters. The van der Waals surface area contributed by atoms with E-state index in [1.165, 1.54) is 0 Å². The van der Waals surface area contributed by atoms with Gasteiger partial charge in [0.2, 0.25) is 11.9 Å². The fraction of sp³-hybridized carbons (Fsp3) is 0.471. The minimum Gasteiger partial charge on any atom is -0.364 e. The van der Waals surface area contributed by atoms with Crippen LogP contribution in [-0.4, -0.2) is 63.0 Å². The molecule has 1 heterocycles. The summed E-state index contributed by atoms with van der Waals surface area (Å²) in [5.41, 5.74) is 0.913. The summed E-state index contributed by atoms with van der Waals surface area (Å²) in [7, 11) is 4.88. The molecule has 0 aliphatic heterocycles. The molecule has 0 aliphatic rings. The highest BCUT2D eigenvalue weighted by Gasteiger charge is 2.17. The minimum atomic E-state index is 0.307. The molecule has 0 saturated carbocycles. The van der Waals surface area contributed by atoms with Crippen molar-refractivity contribution in [2.45, 2.75) is 6.92 Å². The molecule has 2 aromatic rings. The van der Waals surface area contributed by atoms with Crippen LogP contribution < -0.4 is 9.80 Å². The Morgan fingerprint density at radius 1 is 0.760 bits per heavy atom. The largest absolute Gasteiger partial charge is 0.364 e. The van der Waals surface area contributed by atoms with E-state index in [-0.39, 0.29) is 0 Å². The third-order valence-corrected chi connectivity index (χ3v) is 3.45. The van der Waals surface area contributed by atoms with E-state index in [2.05, 4.69) is 15.0 Å². The van der Waals surface area contributed by atoms with Gasteiger partial charge in [0.1, 0.15) is 20.2 Å². The van der Waals surface area contributed by atoms with Gasteiger partial charge >= 0.3 is 0 Å². The van der Waals surface area contributed by atoms with Crippen molar-refractivity contribution in [2.75, 3.05) is 57.9 Å². The molecule has 0 saturated heterocycles. The van der Waals surface area contributed by atoms with Gasteiger partial charge < -0.3 is 19.1 Å². The van der Waals surface area contributed by atoms with Crippen molar-refractivity contribution in [1.82, 2.24) is 15.0 Å². The Balaban J connectivity index is 2.50. The van der Waals surface area contributed by atoms with Crippen molar-refractivity contribution < 1.29 is 14.2 Å². The van der Waals surface area contributed by atoms with Gasteiger partial charge in [-0.05, 0) is 6.92 Å². The van der Waals surface area contributed by atoms with E-state index in [0.29, 0.717) is 44.5 Å². The van der Waals surface area contributed by atoms with Gasteiger partial charge in [-0.25, -0.2) is 0 Å². The standard InChI is InChI=1S/C17H25N5O3/c1-5-21(11-23-2)16-18-15(14-9-7-6-8-10-14)19-17(20-16)22(12-24-3)13-25-4/h6-10H,5,11-13H2,1-4H3. The van der Waals surface area contributed by atoms with Crippen molar-refractivity contribution in [3.05, 3.63) is 30.3 Å². The second kappa shape index (κ2) is 9.87. The molecule has 136 valence electrons. The summed E-state index contributed by atoms with van der Waals surface area (Å²) in [5.74, 6) is 1.62. The van der Waals surface area contributed by atoms with Gasteiger partial charge in [-0.2, -0.15) is 15.0 Å². The fourth-order valence-corrected chi connectivity index (χ4v) is 2.26. The lowest BCUT2D eigenvalue weighted by atomic mass is 10.2. The van der Waals surface area contributed by atoms with Gasteiger partial charge in [-0.1, -0.05) is 30.3 Å². The Labute approximate surface area is 148 Å². The molecule has 1 aromatic carbocycles. The van der Waals surface area contributed by atoms with Crippen LogP contribution in [0.5, 0.6) is 0 Å². The summed E-state index contributed by atoms with van der Waals surface area (Å²) >= 11 is 0. The predicted octanol–water partition coefficient (Wildman–Crippen LogP) is 1.98. The molecular formula is C17H25N5O3. The monoisotopic (exact) mass is 347 g/mol. The molecule has 8 nitrogen and oxygen atoms in total. The van der Waals surface area contributed by atoms with Crippen LogP contribution in [0.3, 0.4) is 0 Å². The van der Waals surface area contributed by atoms with E-state index in [4.69, 9.17) is 14.2 Å². The third kappa shape index (κ3) is 5.09. The van der Waals surface area contributed by atoms with E-state index >= 15 is 0 Å². The van der Waals surface area contributed by atoms with Crippen LogP contribution in [0.1, 0.15) is 6.92 Å². The van der Waals surface area contributed by atoms with Crippen LogP contribution in [0.4, 0.5) is 11.9 Å². The molecule has 8 heteroatoms. The lowest BCUT2D eigenvalue weighted by Crippen LogP contribution is -2.32. The second-order valence-electron chi connectivity index (χ2n) is 5.27. The summed E-state index contributed by atoms with van der Waals surface area (Å²) in [6.45, 7) is 3.74. The zero-order valence-electron chi connectivity index (χ0n) is 15.2. The first-order valence-corrected chi connectivity index (χ1v) is 8.01. The summed E-state index contributed by atoms with van der Waals surface area (Å²) < 4.78 is 15.7. The van der Waals surface area contributed by atoms with Gasteiger partial charge in [0.15, 0.2) is 5.82 Å². The summed E-state index contributed by atoms with van der Waals surface area (Å²) in [6, 6.07) is 9.79. The number of hydrogen-bond acceptors (Lipinski definition) is 8. The summed E-state index contributed by atoms with van der Waals surface area (Å²) in [6.07, 6.45) is 0. The number of rotatable bonds is 10. The van der Waals surface area contributed by atoms with Crippen molar-refractivity contribution in [3.63, 3.8) is 0 Å². The zero-order chi connectivity index (χ0) is 18.1. The van der Waals surface area contributed by atoms with Gasteiger partial charge in [0.25, 0.3) is 0 Å². The molecule has 0 spiro atoms. The second-order valence-corrected chi connectivity index (χ2v) is 5.27. The number of benzene rings is 1. The summed E-state index contributed by atoms with van der Waals surface area (Å²) in [5, 5.41) is 0. The maximum atomic E-state index is 5.25. The first-order valence-electron chi connectivity index (χ1n) is 8.01. The molecule has 0 aliphatic carbocycles. The van der Waals surface area contributed by atoms with Crippen LogP contribution in [0.25, 0.3) is 11.4 Å². The number of aromatic nitrogens is 3. The molecular weight excluding hydrogens is 322 g/mol. The van der Waals surface area contributed by atoms with Gasteiger partial charge in [-0.15, -0.1) is 0 Å². The lowest BCUT2D eigenvalue weighted by molar-refractivity contribution is 0.138. The Hall–Kier alpha value is -2.29. The van der Waals surface area contributed by atoms with E-state index in [9.17, 15) is 0 Å². The van der Waals surface area contributed by atoms with Crippen LogP contribution in [0.15, 0.2) is 30.3 Å². The average Bonchev–Trinajstić information content (AvgIpc) is 2.66. The van der Waals surface area contributed by atoms with Crippen LogP contribution in [-0.2, 0) is 14.2 Å². The topological polar surface area (TPSA) is 72.8 Å². The van der Waals surface area contributed by atoms with Crippen molar-refractivity contribution in [1.29, 1.82) is 0 Å². The maximum absolute atomic E-state index is 5.25. The fourth-order valence-electron chi connectivity index (χ4n) is 2.26. The molecule has 0 amide bonds. The normalized spacial score (nSPS) is 10.7. The highest BCUT2D eigenvalue weighted by atomic mass is 16.5. The molecule has 0 bridgehead atoms. The quantitative estimate of drug-likeness (QED) is 0.604. The average molecular weight is 347 g/mol. The van der Waals surface area contributed by atoms with Crippen LogP contribution in [0.2, 0.25) is 0 Å². The van der Waals surface area contributed by atoms with Crippen molar-refractivity contribution in [2.24, 2.45) is 0 Å². The maximum Gasteiger partial charge on any atom is 0.234 e. The van der Waals surface area contributed by atoms with Crippen molar-refractivity contribution in [3.8, 4) is 11.4 Å². The minimum absolute atomic E-state index is 0.307. The molecule has 2 rings (SSSR count). The van der Waals surface area contributed by atoms with Gasteiger partial charge in [0, 0.05) is 33.4 Å². The highest BCUT2D eigenvalue weighted by Crippen LogP contribution is 2.21. The zero-order valence-corrected chi connectivity index (χ0v) is 15.2.